The highest BCUT2D eigenvalue weighted by molar-refractivity contribution is 7.78. The molecule has 0 atom stereocenters. The molecule has 0 saturated heterocycles. The molecule has 3 heteroatoms. The second kappa shape index (κ2) is 3.11. The molecule has 0 N–H and O–H groups in total. The molecule has 0 aliphatic carbocycles. The van der Waals surface area contributed by atoms with Crippen LogP contribution in [0.1, 0.15) is 19.8 Å². The Labute approximate surface area is 61.5 Å². The molecule has 1 heterocycles. The van der Waals surface area contributed by atoms with Gasteiger partial charge in [0.2, 0.25) is 0 Å². The van der Waals surface area contributed by atoms with E-state index in [4.69, 9.17) is 0 Å². The summed E-state index contributed by atoms with van der Waals surface area (Å²) >= 11 is 4.24. The summed E-state index contributed by atoms with van der Waals surface area (Å²) in [5.41, 5.74) is 0. The number of hydrogen-bond donors (Lipinski definition) is 1. The van der Waals surface area contributed by atoms with Crippen molar-refractivity contribution in [1.29, 1.82) is 0 Å². The highest BCUT2D eigenvalue weighted by atomic mass is 32.1. The molecule has 0 spiro atoms. The van der Waals surface area contributed by atoms with E-state index in [1.807, 2.05) is 4.31 Å². The first-order chi connectivity index (χ1) is 4.34. The van der Waals surface area contributed by atoms with Crippen molar-refractivity contribution in [2.24, 2.45) is 4.99 Å². The molecule has 52 valence electrons. The van der Waals surface area contributed by atoms with Crippen LogP contribution in [0.3, 0.4) is 0 Å². The van der Waals surface area contributed by atoms with Crippen LogP contribution in [0.5, 0.6) is 0 Å². The van der Waals surface area contributed by atoms with Crippen molar-refractivity contribution in [3.8, 4) is 0 Å². The summed E-state index contributed by atoms with van der Waals surface area (Å²) in [6.45, 7) is 4.14. The van der Waals surface area contributed by atoms with Gasteiger partial charge in [0.1, 0.15) is 5.84 Å². The molecule has 1 aliphatic rings. The fraction of sp³-hybridized carbons (Fsp3) is 0.833. The lowest BCUT2D eigenvalue weighted by Crippen LogP contribution is -2.26. The van der Waals surface area contributed by atoms with Gasteiger partial charge in [-0.15, -0.1) is 0 Å². The molecule has 0 amide bonds. The average molecular weight is 144 g/mol. The lowest BCUT2D eigenvalue weighted by molar-refractivity contribution is 0.589. The first-order valence-electron chi connectivity index (χ1n) is 3.34. The minimum atomic E-state index is 0.986. The van der Waals surface area contributed by atoms with Crippen molar-refractivity contribution in [3.63, 3.8) is 0 Å². The van der Waals surface area contributed by atoms with Crippen LogP contribution in [0.25, 0.3) is 0 Å². The molecule has 0 fully saturated rings. The van der Waals surface area contributed by atoms with Crippen molar-refractivity contribution in [3.05, 3.63) is 0 Å². The number of hydrogen-bond acceptors (Lipinski definition) is 3. The van der Waals surface area contributed by atoms with E-state index in [1.165, 1.54) is 0 Å². The zero-order valence-electron chi connectivity index (χ0n) is 5.67. The van der Waals surface area contributed by atoms with E-state index in [0.29, 0.717) is 0 Å². The maximum absolute atomic E-state index is 4.30. The average Bonchev–Trinajstić information content (AvgIpc) is 1.89. The van der Waals surface area contributed by atoms with Crippen LogP contribution < -0.4 is 0 Å². The van der Waals surface area contributed by atoms with Crippen LogP contribution in [0, 0.1) is 0 Å². The Morgan fingerprint density at radius 3 is 3.00 bits per heavy atom. The van der Waals surface area contributed by atoms with E-state index < -0.39 is 0 Å². The lowest BCUT2D eigenvalue weighted by Gasteiger charge is -2.22. The number of rotatable bonds is 1. The first-order valence-corrected chi connectivity index (χ1v) is 3.74. The summed E-state index contributed by atoms with van der Waals surface area (Å²) in [5, 5.41) is 0. The van der Waals surface area contributed by atoms with Gasteiger partial charge in [0.05, 0.1) is 0 Å². The van der Waals surface area contributed by atoms with Crippen molar-refractivity contribution in [2.75, 3.05) is 13.1 Å². The second-order valence-corrected chi connectivity index (χ2v) is 2.61. The Bertz CT molecular complexity index is 122. The third-order valence-electron chi connectivity index (χ3n) is 1.44. The first kappa shape index (κ1) is 6.93. The molecule has 1 rings (SSSR count). The van der Waals surface area contributed by atoms with Gasteiger partial charge in [0.15, 0.2) is 0 Å². The zero-order chi connectivity index (χ0) is 6.69. The number of thiol groups is 1. The van der Waals surface area contributed by atoms with E-state index in [-0.39, 0.29) is 0 Å². The van der Waals surface area contributed by atoms with Crippen LogP contribution in [0.15, 0.2) is 4.99 Å². The van der Waals surface area contributed by atoms with Crippen molar-refractivity contribution >= 4 is 18.7 Å². The Balaban J connectivity index is 2.53. The van der Waals surface area contributed by atoms with Crippen LogP contribution in [-0.2, 0) is 0 Å². The standard InChI is InChI=1S/C6H12N2S/c1-2-6-7-4-3-5-8(6)9/h9H,2-5H2,1H3. The van der Waals surface area contributed by atoms with Gasteiger partial charge in [-0.25, -0.2) is 0 Å². The molecule has 0 unspecified atom stereocenters. The predicted molar refractivity (Wildman–Crippen MR) is 42.9 cm³/mol. The quantitative estimate of drug-likeness (QED) is 0.549. The third kappa shape index (κ3) is 1.61. The Hall–Kier alpha value is -0.180. The van der Waals surface area contributed by atoms with Crippen molar-refractivity contribution < 1.29 is 0 Å². The summed E-state index contributed by atoms with van der Waals surface area (Å²) in [4.78, 5) is 4.30. The van der Waals surface area contributed by atoms with Crippen LogP contribution in [-0.4, -0.2) is 23.2 Å². The van der Waals surface area contributed by atoms with Gasteiger partial charge < -0.3 is 4.31 Å². The maximum Gasteiger partial charge on any atom is 0.108 e. The molecule has 0 bridgehead atoms. The maximum atomic E-state index is 4.30. The molecule has 0 aromatic heterocycles. The van der Waals surface area contributed by atoms with Gasteiger partial charge in [-0.05, 0) is 6.42 Å². The number of aliphatic imine (C=N–C) groups is 1. The van der Waals surface area contributed by atoms with E-state index in [2.05, 4.69) is 24.7 Å². The molecular weight excluding hydrogens is 132 g/mol. The van der Waals surface area contributed by atoms with Crippen molar-refractivity contribution in [2.45, 2.75) is 19.8 Å². The SMILES string of the molecule is CCC1=NCCCN1S. The molecule has 0 aromatic carbocycles. The highest BCUT2D eigenvalue weighted by Crippen LogP contribution is 2.06. The molecular formula is C6H12N2S. The van der Waals surface area contributed by atoms with Gasteiger partial charge in [-0.3, -0.25) is 4.99 Å². The van der Waals surface area contributed by atoms with Gasteiger partial charge in [0.25, 0.3) is 0 Å². The summed E-state index contributed by atoms with van der Waals surface area (Å²) < 4.78 is 1.93. The molecule has 0 saturated carbocycles. The molecule has 1 aliphatic heterocycles. The monoisotopic (exact) mass is 144 g/mol. The Kier molecular flexibility index (Phi) is 2.39. The fourth-order valence-corrected chi connectivity index (χ4v) is 1.28. The summed E-state index contributed by atoms with van der Waals surface area (Å²) in [6, 6.07) is 0. The summed E-state index contributed by atoms with van der Waals surface area (Å²) in [7, 11) is 0. The minimum Gasteiger partial charge on any atom is -0.307 e. The number of nitrogens with zero attached hydrogens (tertiary/aromatic N) is 2. The number of amidine groups is 1. The topological polar surface area (TPSA) is 15.6 Å². The van der Waals surface area contributed by atoms with E-state index in [9.17, 15) is 0 Å². The summed E-state index contributed by atoms with van der Waals surface area (Å²) in [5.74, 6) is 1.13. The van der Waals surface area contributed by atoms with E-state index >= 15 is 0 Å². The Morgan fingerprint density at radius 1 is 1.78 bits per heavy atom. The second-order valence-electron chi connectivity index (χ2n) is 2.13. The third-order valence-corrected chi connectivity index (χ3v) is 1.87. The lowest BCUT2D eigenvalue weighted by atomic mass is 10.3. The molecule has 2 nitrogen and oxygen atoms in total. The van der Waals surface area contributed by atoms with E-state index in [1.54, 1.807) is 0 Å². The van der Waals surface area contributed by atoms with E-state index in [0.717, 1.165) is 31.8 Å². The Morgan fingerprint density at radius 2 is 2.56 bits per heavy atom. The smallest absolute Gasteiger partial charge is 0.108 e. The molecule has 0 radical (unpaired) electrons. The largest absolute Gasteiger partial charge is 0.307 e. The van der Waals surface area contributed by atoms with Crippen molar-refractivity contribution in [1.82, 2.24) is 4.31 Å². The van der Waals surface area contributed by atoms with Crippen LogP contribution >= 0.6 is 12.8 Å². The zero-order valence-corrected chi connectivity index (χ0v) is 6.56. The molecule has 0 aromatic rings. The summed E-state index contributed by atoms with van der Waals surface area (Å²) in [6.07, 6.45) is 2.15. The minimum absolute atomic E-state index is 0.986. The predicted octanol–water partition coefficient (Wildman–Crippen LogP) is 1.35. The van der Waals surface area contributed by atoms with Gasteiger partial charge >= 0.3 is 0 Å². The van der Waals surface area contributed by atoms with Gasteiger partial charge in [-0.2, -0.15) is 0 Å². The van der Waals surface area contributed by atoms with Crippen LogP contribution in [0.4, 0.5) is 0 Å². The fourth-order valence-electron chi connectivity index (χ4n) is 0.934. The normalized spacial score (nSPS) is 19.8. The molecule has 9 heavy (non-hydrogen) atoms. The highest BCUT2D eigenvalue weighted by Gasteiger charge is 2.07. The van der Waals surface area contributed by atoms with Gasteiger partial charge in [-0.1, -0.05) is 19.7 Å². The van der Waals surface area contributed by atoms with Gasteiger partial charge in [0, 0.05) is 19.5 Å². The van der Waals surface area contributed by atoms with Crippen LogP contribution in [0.2, 0.25) is 0 Å².